The van der Waals surface area contributed by atoms with Crippen molar-refractivity contribution in [2.45, 2.75) is 32.5 Å². The highest BCUT2D eigenvalue weighted by molar-refractivity contribution is 5.33. The summed E-state index contributed by atoms with van der Waals surface area (Å²) in [5.41, 5.74) is 2.43. The van der Waals surface area contributed by atoms with Crippen molar-refractivity contribution < 1.29 is 4.74 Å². The first-order valence-corrected chi connectivity index (χ1v) is 7.17. The molecule has 3 rings (SSSR count). The van der Waals surface area contributed by atoms with Crippen LogP contribution < -0.4 is 0 Å². The molecule has 106 valence electrons. The van der Waals surface area contributed by atoms with Crippen molar-refractivity contribution in [2.24, 2.45) is 0 Å². The molecule has 0 saturated carbocycles. The molecule has 0 amide bonds. The predicted octanol–water partition coefficient (Wildman–Crippen LogP) is 2.48. The second kappa shape index (κ2) is 5.77. The van der Waals surface area contributed by atoms with E-state index in [0.29, 0.717) is 12.1 Å². The summed E-state index contributed by atoms with van der Waals surface area (Å²) >= 11 is 0. The Labute approximate surface area is 120 Å². The summed E-state index contributed by atoms with van der Waals surface area (Å²) < 4.78 is 7.55. The van der Waals surface area contributed by atoms with Gasteiger partial charge in [-0.05, 0) is 37.6 Å². The summed E-state index contributed by atoms with van der Waals surface area (Å²) in [4.78, 5) is 2.48. The lowest BCUT2D eigenvalue weighted by molar-refractivity contribution is -0.0526. The summed E-state index contributed by atoms with van der Waals surface area (Å²) in [6.45, 7) is 7.17. The molecule has 1 aromatic heterocycles. The van der Waals surface area contributed by atoms with Crippen LogP contribution in [0.15, 0.2) is 42.7 Å². The SMILES string of the molecule is C[C@@H]1CO[C@@H](C)CN1Cc1ccc(-n2cccn2)cc1. The van der Waals surface area contributed by atoms with Gasteiger partial charge in [0, 0.05) is 31.5 Å². The number of ether oxygens (including phenoxy) is 1. The van der Waals surface area contributed by atoms with Crippen molar-refractivity contribution in [2.75, 3.05) is 13.2 Å². The molecule has 1 saturated heterocycles. The fraction of sp³-hybridized carbons (Fsp3) is 0.438. The zero-order chi connectivity index (χ0) is 13.9. The number of morpholine rings is 1. The molecule has 0 aliphatic carbocycles. The Morgan fingerprint density at radius 3 is 2.75 bits per heavy atom. The van der Waals surface area contributed by atoms with E-state index in [4.69, 9.17) is 4.74 Å². The van der Waals surface area contributed by atoms with E-state index in [0.717, 1.165) is 25.4 Å². The highest BCUT2D eigenvalue weighted by Crippen LogP contribution is 2.16. The van der Waals surface area contributed by atoms with Crippen molar-refractivity contribution in [3.8, 4) is 5.69 Å². The van der Waals surface area contributed by atoms with Gasteiger partial charge in [0.2, 0.25) is 0 Å². The first-order chi connectivity index (χ1) is 9.72. The van der Waals surface area contributed by atoms with E-state index < -0.39 is 0 Å². The Morgan fingerprint density at radius 2 is 2.05 bits per heavy atom. The Bertz CT molecular complexity index is 535. The lowest BCUT2D eigenvalue weighted by atomic mass is 10.1. The molecule has 4 heteroatoms. The molecular formula is C16H21N3O. The molecule has 0 unspecified atom stereocenters. The van der Waals surface area contributed by atoms with Crippen LogP contribution in [0.5, 0.6) is 0 Å². The van der Waals surface area contributed by atoms with Crippen molar-refractivity contribution in [3.05, 3.63) is 48.3 Å². The largest absolute Gasteiger partial charge is 0.376 e. The van der Waals surface area contributed by atoms with Crippen molar-refractivity contribution in [1.82, 2.24) is 14.7 Å². The normalized spacial score (nSPS) is 23.9. The van der Waals surface area contributed by atoms with E-state index in [1.807, 2.05) is 16.9 Å². The predicted molar refractivity (Wildman–Crippen MR) is 78.9 cm³/mol. The topological polar surface area (TPSA) is 30.3 Å². The highest BCUT2D eigenvalue weighted by atomic mass is 16.5. The first-order valence-electron chi connectivity index (χ1n) is 7.17. The molecule has 0 N–H and O–H groups in total. The summed E-state index contributed by atoms with van der Waals surface area (Å²) in [5.74, 6) is 0. The highest BCUT2D eigenvalue weighted by Gasteiger charge is 2.23. The van der Waals surface area contributed by atoms with E-state index in [2.05, 4.69) is 48.1 Å². The average molecular weight is 271 g/mol. The standard InChI is InChI=1S/C16H21N3O/c1-13-12-20-14(2)10-18(13)11-15-4-6-16(7-5-15)19-9-3-8-17-19/h3-9,13-14H,10-12H2,1-2H3/t13-,14+/m1/s1. The van der Waals surface area contributed by atoms with Crippen LogP contribution in [0.4, 0.5) is 0 Å². The maximum Gasteiger partial charge on any atom is 0.0674 e. The number of rotatable bonds is 3. The minimum atomic E-state index is 0.328. The summed E-state index contributed by atoms with van der Waals surface area (Å²) in [5, 5.41) is 4.24. The minimum Gasteiger partial charge on any atom is -0.376 e. The molecule has 0 bridgehead atoms. The Kier molecular flexibility index (Phi) is 3.85. The number of benzene rings is 1. The van der Waals surface area contributed by atoms with Gasteiger partial charge in [0.05, 0.1) is 18.4 Å². The molecule has 1 aliphatic rings. The fourth-order valence-electron chi connectivity index (χ4n) is 2.60. The average Bonchev–Trinajstić information content (AvgIpc) is 2.98. The third-order valence-electron chi connectivity index (χ3n) is 3.83. The quantitative estimate of drug-likeness (QED) is 0.859. The molecular weight excluding hydrogens is 250 g/mol. The second-order valence-electron chi connectivity index (χ2n) is 5.54. The maximum atomic E-state index is 5.67. The molecule has 1 aliphatic heterocycles. The van der Waals surface area contributed by atoms with Crippen LogP contribution in [0.25, 0.3) is 5.69 Å². The molecule has 1 aromatic carbocycles. The van der Waals surface area contributed by atoms with Crippen LogP contribution in [0, 0.1) is 0 Å². The van der Waals surface area contributed by atoms with Crippen LogP contribution >= 0.6 is 0 Å². The van der Waals surface area contributed by atoms with Gasteiger partial charge < -0.3 is 4.74 Å². The van der Waals surface area contributed by atoms with Gasteiger partial charge in [0.1, 0.15) is 0 Å². The van der Waals surface area contributed by atoms with E-state index in [-0.39, 0.29) is 0 Å². The van der Waals surface area contributed by atoms with Crippen LogP contribution in [-0.2, 0) is 11.3 Å². The Balaban J connectivity index is 1.69. The Hall–Kier alpha value is -1.65. The molecule has 1 fully saturated rings. The molecule has 2 aromatic rings. The molecule has 20 heavy (non-hydrogen) atoms. The van der Waals surface area contributed by atoms with Gasteiger partial charge in [-0.3, -0.25) is 4.90 Å². The Morgan fingerprint density at radius 1 is 1.25 bits per heavy atom. The van der Waals surface area contributed by atoms with Crippen molar-refractivity contribution >= 4 is 0 Å². The molecule has 0 radical (unpaired) electrons. The number of hydrogen-bond donors (Lipinski definition) is 0. The fourth-order valence-corrected chi connectivity index (χ4v) is 2.60. The van der Waals surface area contributed by atoms with Gasteiger partial charge in [-0.25, -0.2) is 4.68 Å². The number of nitrogens with zero attached hydrogens (tertiary/aromatic N) is 3. The lowest BCUT2D eigenvalue weighted by Gasteiger charge is -2.36. The van der Waals surface area contributed by atoms with E-state index >= 15 is 0 Å². The maximum absolute atomic E-state index is 5.67. The van der Waals surface area contributed by atoms with E-state index in [1.165, 1.54) is 5.56 Å². The summed E-state index contributed by atoms with van der Waals surface area (Å²) in [6, 6.07) is 11.0. The van der Waals surface area contributed by atoms with Crippen LogP contribution in [0.2, 0.25) is 0 Å². The molecule has 2 atom stereocenters. The van der Waals surface area contributed by atoms with Gasteiger partial charge >= 0.3 is 0 Å². The van der Waals surface area contributed by atoms with E-state index in [9.17, 15) is 0 Å². The number of hydrogen-bond acceptors (Lipinski definition) is 3. The van der Waals surface area contributed by atoms with Crippen LogP contribution in [-0.4, -0.2) is 40.0 Å². The van der Waals surface area contributed by atoms with Crippen molar-refractivity contribution in [1.29, 1.82) is 0 Å². The zero-order valence-corrected chi connectivity index (χ0v) is 12.1. The van der Waals surface area contributed by atoms with Gasteiger partial charge in [-0.15, -0.1) is 0 Å². The van der Waals surface area contributed by atoms with E-state index in [1.54, 1.807) is 6.20 Å². The third-order valence-corrected chi connectivity index (χ3v) is 3.83. The first kappa shape index (κ1) is 13.3. The van der Waals surface area contributed by atoms with Crippen LogP contribution in [0.3, 0.4) is 0 Å². The summed E-state index contributed by atoms with van der Waals surface area (Å²) in [6.07, 6.45) is 4.08. The van der Waals surface area contributed by atoms with Crippen LogP contribution in [0.1, 0.15) is 19.4 Å². The number of aromatic nitrogens is 2. The van der Waals surface area contributed by atoms with Gasteiger partial charge in [-0.1, -0.05) is 12.1 Å². The van der Waals surface area contributed by atoms with Gasteiger partial charge in [0.15, 0.2) is 0 Å². The summed E-state index contributed by atoms with van der Waals surface area (Å²) in [7, 11) is 0. The minimum absolute atomic E-state index is 0.328. The monoisotopic (exact) mass is 271 g/mol. The van der Waals surface area contributed by atoms with Gasteiger partial charge in [-0.2, -0.15) is 5.10 Å². The molecule has 0 spiro atoms. The smallest absolute Gasteiger partial charge is 0.0674 e. The van der Waals surface area contributed by atoms with Crippen molar-refractivity contribution in [3.63, 3.8) is 0 Å². The lowest BCUT2D eigenvalue weighted by Crippen LogP contribution is -2.46. The molecule has 2 heterocycles. The molecule has 4 nitrogen and oxygen atoms in total. The third kappa shape index (κ3) is 2.92. The zero-order valence-electron chi connectivity index (χ0n) is 12.1. The van der Waals surface area contributed by atoms with Gasteiger partial charge in [0.25, 0.3) is 0 Å². The second-order valence-corrected chi connectivity index (χ2v) is 5.54.